The number of hydrogen-bond donors (Lipinski definition) is 1. The highest BCUT2D eigenvalue weighted by atomic mass is 35.5. The van der Waals surface area contributed by atoms with Crippen molar-refractivity contribution in [1.29, 1.82) is 0 Å². The van der Waals surface area contributed by atoms with Crippen LogP contribution in [0.3, 0.4) is 0 Å². The number of aromatic carboxylic acids is 1. The summed E-state index contributed by atoms with van der Waals surface area (Å²) in [6, 6.07) is 16.8. The number of hydrogen-bond acceptors (Lipinski definition) is 6. The zero-order chi connectivity index (χ0) is 26.5. The Balaban J connectivity index is 1.53. The number of carbonyl (C=O) groups excluding carboxylic acids is 1. The molecule has 0 saturated carbocycles. The van der Waals surface area contributed by atoms with Crippen molar-refractivity contribution in [2.75, 3.05) is 13.7 Å². The first-order chi connectivity index (χ1) is 17.8. The number of aliphatic imine (C=N–C) groups is 1. The van der Waals surface area contributed by atoms with E-state index in [1.807, 2.05) is 13.0 Å². The molecule has 37 heavy (non-hydrogen) atoms. The van der Waals surface area contributed by atoms with Crippen molar-refractivity contribution in [3.8, 4) is 11.5 Å². The molecule has 0 spiro atoms. The van der Waals surface area contributed by atoms with Gasteiger partial charge in [-0.2, -0.15) is 0 Å². The summed E-state index contributed by atoms with van der Waals surface area (Å²) < 4.78 is 11.4. The van der Waals surface area contributed by atoms with Gasteiger partial charge in [-0.1, -0.05) is 35.3 Å². The Hall–Kier alpha value is -3.46. The molecule has 1 heterocycles. The first kappa shape index (κ1) is 26.6. The van der Waals surface area contributed by atoms with E-state index < -0.39 is 5.97 Å². The standard InChI is InChI=1S/C27H22Cl2N2O5S/c1-3-31-25(32)24(37-27(31)30-20-9-6-17(7-10-20)26(33)34)13-16-4-11-22(23(12-16)35-2)36-15-18-5-8-19(28)14-21(18)29/h4-14H,3,15H2,1-2H3,(H,33,34)/b24-13-,30-27?. The monoisotopic (exact) mass is 556 g/mol. The van der Waals surface area contributed by atoms with Crippen molar-refractivity contribution < 1.29 is 24.2 Å². The van der Waals surface area contributed by atoms with Gasteiger partial charge in [-0.3, -0.25) is 9.69 Å². The number of benzene rings is 3. The summed E-state index contributed by atoms with van der Waals surface area (Å²) in [6.45, 7) is 2.55. The Labute approximate surface area is 228 Å². The van der Waals surface area contributed by atoms with Gasteiger partial charge < -0.3 is 14.6 Å². The summed E-state index contributed by atoms with van der Waals surface area (Å²) in [5.74, 6) is -0.131. The third-order valence-electron chi connectivity index (χ3n) is 5.43. The van der Waals surface area contributed by atoms with Gasteiger partial charge in [-0.05, 0) is 78.9 Å². The number of methoxy groups -OCH3 is 1. The van der Waals surface area contributed by atoms with E-state index in [0.717, 1.165) is 11.1 Å². The maximum atomic E-state index is 13.0. The minimum atomic E-state index is -1.01. The zero-order valence-electron chi connectivity index (χ0n) is 19.9. The van der Waals surface area contributed by atoms with Gasteiger partial charge in [0.2, 0.25) is 0 Å². The van der Waals surface area contributed by atoms with Crippen LogP contribution in [0.5, 0.6) is 11.5 Å². The summed E-state index contributed by atoms with van der Waals surface area (Å²) in [6.07, 6.45) is 1.77. The van der Waals surface area contributed by atoms with E-state index in [1.165, 1.54) is 23.9 Å². The lowest BCUT2D eigenvalue weighted by Gasteiger charge is -2.13. The Morgan fingerprint density at radius 1 is 1.08 bits per heavy atom. The van der Waals surface area contributed by atoms with Gasteiger partial charge in [0.15, 0.2) is 16.7 Å². The van der Waals surface area contributed by atoms with Gasteiger partial charge in [0.25, 0.3) is 5.91 Å². The van der Waals surface area contributed by atoms with Crippen LogP contribution in [0.2, 0.25) is 10.0 Å². The van der Waals surface area contributed by atoms with Crippen LogP contribution in [0.15, 0.2) is 70.6 Å². The molecule has 190 valence electrons. The quantitative estimate of drug-likeness (QED) is 0.303. The summed E-state index contributed by atoms with van der Waals surface area (Å²) in [4.78, 5) is 30.7. The van der Waals surface area contributed by atoms with Gasteiger partial charge in [0.1, 0.15) is 6.61 Å². The molecule has 0 atom stereocenters. The number of amidine groups is 1. The van der Waals surface area contributed by atoms with Crippen LogP contribution in [0.25, 0.3) is 6.08 Å². The van der Waals surface area contributed by atoms with Gasteiger partial charge >= 0.3 is 5.97 Å². The second-order valence-corrected chi connectivity index (χ2v) is 9.69. The molecule has 0 radical (unpaired) electrons. The molecule has 1 amide bonds. The highest BCUT2D eigenvalue weighted by molar-refractivity contribution is 8.18. The van der Waals surface area contributed by atoms with Gasteiger partial charge in [-0.25, -0.2) is 9.79 Å². The van der Waals surface area contributed by atoms with Crippen molar-refractivity contribution in [2.45, 2.75) is 13.5 Å². The predicted octanol–water partition coefficient (Wildman–Crippen LogP) is 6.90. The predicted molar refractivity (Wildman–Crippen MR) is 147 cm³/mol. The molecule has 1 N–H and O–H groups in total. The smallest absolute Gasteiger partial charge is 0.335 e. The largest absolute Gasteiger partial charge is 0.493 e. The Bertz CT molecular complexity index is 1410. The fourth-order valence-electron chi connectivity index (χ4n) is 3.50. The third kappa shape index (κ3) is 6.28. The molecule has 0 bridgehead atoms. The molecular formula is C27H22Cl2N2O5S. The number of rotatable bonds is 8. The molecule has 10 heteroatoms. The van der Waals surface area contributed by atoms with Crippen molar-refractivity contribution in [2.24, 2.45) is 4.99 Å². The number of carboxylic acid groups (broad SMARTS) is 1. The molecule has 1 fully saturated rings. The maximum Gasteiger partial charge on any atom is 0.335 e. The lowest BCUT2D eigenvalue weighted by Crippen LogP contribution is -2.28. The molecule has 0 aromatic heterocycles. The number of thioether (sulfide) groups is 1. The SMILES string of the molecule is CCN1C(=O)/C(=C/c2ccc(OCc3ccc(Cl)cc3Cl)c(OC)c2)SC1=Nc1ccc(C(=O)O)cc1. The minimum absolute atomic E-state index is 0.162. The van der Waals surface area contributed by atoms with Crippen molar-refractivity contribution in [1.82, 2.24) is 4.90 Å². The Morgan fingerprint density at radius 3 is 2.49 bits per heavy atom. The van der Waals surface area contributed by atoms with E-state index in [1.54, 1.807) is 60.6 Å². The van der Waals surface area contributed by atoms with E-state index in [-0.39, 0.29) is 18.1 Å². The van der Waals surface area contributed by atoms with Crippen molar-refractivity contribution in [3.63, 3.8) is 0 Å². The van der Waals surface area contributed by atoms with E-state index in [4.69, 9.17) is 37.8 Å². The van der Waals surface area contributed by atoms with E-state index >= 15 is 0 Å². The van der Waals surface area contributed by atoms with Crippen LogP contribution in [-0.2, 0) is 11.4 Å². The highest BCUT2D eigenvalue weighted by Gasteiger charge is 2.32. The summed E-state index contributed by atoms with van der Waals surface area (Å²) in [5.41, 5.74) is 2.28. The lowest BCUT2D eigenvalue weighted by atomic mass is 10.1. The van der Waals surface area contributed by atoms with Crippen LogP contribution < -0.4 is 9.47 Å². The molecule has 3 aromatic rings. The average molecular weight is 557 g/mol. The molecule has 1 aliphatic heterocycles. The maximum absolute atomic E-state index is 13.0. The fourth-order valence-corrected chi connectivity index (χ4v) is 5.02. The number of amides is 1. The summed E-state index contributed by atoms with van der Waals surface area (Å²) >= 11 is 13.4. The first-order valence-electron chi connectivity index (χ1n) is 11.2. The van der Waals surface area contributed by atoms with Gasteiger partial charge in [-0.15, -0.1) is 0 Å². The van der Waals surface area contributed by atoms with Crippen molar-refractivity contribution in [3.05, 3.63) is 92.3 Å². The number of nitrogens with zero attached hydrogens (tertiary/aromatic N) is 2. The van der Waals surface area contributed by atoms with Crippen LogP contribution in [0, 0.1) is 0 Å². The number of ether oxygens (including phenoxy) is 2. The lowest BCUT2D eigenvalue weighted by molar-refractivity contribution is -0.122. The molecule has 7 nitrogen and oxygen atoms in total. The highest BCUT2D eigenvalue weighted by Crippen LogP contribution is 2.36. The molecule has 1 saturated heterocycles. The first-order valence-corrected chi connectivity index (χ1v) is 12.7. The number of carboxylic acids is 1. The fraction of sp³-hybridized carbons (Fsp3) is 0.148. The Kier molecular flexibility index (Phi) is 8.43. The average Bonchev–Trinajstić information content (AvgIpc) is 3.17. The topological polar surface area (TPSA) is 88.4 Å². The van der Waals surface area contributed by atoms with E-state index in [2.05, 4.69) is 4.99 Å². The van der Waals surface area contributed by atoms with Crippen LogP contribution >= 0.6 is 35.0 Å². The Morgan fingerprint density at radius 2 is 1.84 bits per heavy atom. The van der Waals surface area contributed by atoms with Crippen LogP contribution in [0.1, 0.15) is 28.4 Å². The summed E-state index contributed by atoms with van der Waals surface area (Å²) in [5, 5.41) is 10.7. The number of carbonyl (C=O) groups is 2. The van der Waals surface area contributed by atoms with Crippen LogP contribution in [-0.4, -0.2) is 40.7 Å². The number of likely N-dealkylation sites (N-methyl/N-ethyl adjacent to an activating group) is 1. The minimum Gasteiger partial charge on any atom is -0.493 e. The summed E-state index contributed by atoms with van der Waals surface area (Å²) in [7, 11) is 1.54. The van der Waals surface area contributed by atoms with E-state index in [0.29, 0.717) is 43.8 Å². The van der Waals surface area contributed by atoms with Crippen LogP contribution in [0.4, 0.5) is 5.69 Å². The number of halogens is 2. The molecular weight excluding hydrogens is 535 g/mol. The molecule has 4 rings (SSSR count). The molecule has 0 aliphatic carbocycles. The second-order valence-electron chi connectivity index (χ2n) is 7.84. The van der Waals surface area contributed by atoms with Gasteiger partial charge in [0.05, 0.1) is 23.3 Å². The molecule has 1 aliphatic rings. The zero-order valence-corrected chi connectivity index (χ0v) is 22.2. The molecule has 3 aromatic carbocycles. The van der Waals surface area contributed by atoms with E-state index in [9.17, 15) is 9.59 Å². The molecule has 0 unspecified atom stereocenters. The third-order valence-corrected chi connectivity index (χ3v) is 7.02. The normalized spacial score (nSPS) is 15.5. The second kappa shape index (κ2) is 11.7. The van der Waals surface area contributed by atoms with Gasteiger partial charge in [0, 0.05) is 22.2 Å². The van der Waals surface area contributed by atoms with Crippen molar-refractivity contribution >= 4 is 63.8 Å².